The fourth-order valence-electron chi connectivity index (χ4n) is 2.26. The Hall–Kier alpha value is -3.58. The summed E-state index contributed by atoms with van der Waals surface area (Å²) in [5.74, 6) is -2.60. The molecular formula is C18H18N4O7S2. The van der Waals surface area contributed by atoms with Gasteiger partial charge < -0.3 is 26.2 Å². The van der Waals surface area contributed by atoms with Crippen molar-refractivity contribution in [2.75, 3.05) is 5.32 Å². The third-order valence-electron chi connectivity index (χ3n) is 3.71. The van der Waals surface area contributed by atoms with Crippen LogP contribution in [0, 0.1) is 0 Å². The van der Waals surface area contributed by atoms with Crippen molar-refractivity contribution in [3.8, 4) is 0 Å². The SMILES string of the molecule is NC(=O)c1ccsc1NC(=O)CCC(=O)O.O=C(O)CCc1nc2sccc2c(=O)[nH]1. The first-order valence-corrected chi connectivity index (χ1v) is 10.5. The largest absolute Gasteiger partial charge is 0.481 e. The number of primary amides is 1. The molecule has 0 radical (unpaired) electrons. The number of carboxylic acid groups (broad SMARTS) is 2. The van der Waals surface area contributed by atoms with E-state index in [1.165, 1.54) is 17.4 Å². The van der Waals surface area contributed by atoms with Gasteiger partial charge in [0.1, 0.15) is 15.7 Å². The number of H-pyrrole nitrogens is 1. The van der Waals surface area contributed by atoms with E-state index in [4.69, 9.17) is 15.9 Å². The molecule has 0 aliphatic rings. The number of nitrogens with zero attached hydrogens (tertiary/aromatic N) is 1. The Morgan fingerprint density at radius 2 is 1.71 bits per heavy atom. The summed E-state index contributed by atoms with van der Waals surface area (Å²) in [6, 6.07) is 3.20. The number of carbonyl (C=O) groups is 4. The second-order valence-corrected chi connectivity index (χ2v) is 7.83. The molecule has 11 nitrogen and oxygen atoms in total. The van der Waals surface area contributed by atoms with Gasteiger partial charge >= 0.3 is 11.9 Å². The molecule has 0 aliphatic carbocycles. The molecule has 0 bridgehead atoms. The van der Waals surface area contributed by atoms with E-state index in [2.05, 4.69) is 15.3 Å². The van der Waals surface area contributed by atoms with Crippen molar-refractivity contribution in [3.63, 3.8) is 0 Å². The Labute approximate surface area is 182 Å². The van der Waals surface area contributed by atoms with Crippen molar-refractivity contribution in [1.82, 2.24) is 9.97 Å². The molecule has 0 fully saturated rings. The van der Waals surface area contributed by atoms with E-state index >= 15 is 0 Å². The van der Waals surface area contributed by atoms with E-state index in [-0.39, 0.29) is 36.8 Å². The zero-order valence-electron chi connectivity index (χ0n) is 15.9. The summed E-state index contributed by atoms with van der Waals surface area (Å²) in [6.07, 6.45) is -0.160. The first-order valence-electron chi connectivity index (χ1n) is 8.74. The molecule has 0 unspecified atom stereocenters. The predicted octanol–water partition coefficient (Wildman–Crippen LogP) is 1.65. The van der Waals surface area contributed by atoms with Crippen LogP contribution in [0.4, 0.5) is 5.00 Å². The van der Waals surface area contributed by atoms with Crippen LogP contribution in [0.15, 0.2) is 27.7 Å². The fourth-order valence-corrected chi connectivity index (χ4v) is 3.86. The van der Waals surface area contributed by atoms with Gasteiger partial charge in [-0.2, -0.15) is 0 Å². The summed E-state index contributed by atoms with van der Waals surface area (Å²) in [4.78, 5) is 61.6. The summed E-state index contributed by atoms with van der Waals surface area (Å²) in [5, 5.41) is 23.6. The molecule has 0 aromatic carbocycles. The molecule has 3 heterocycles. The Kier molecular flexibility index (Phi) is 8.40. The number of aliphatic carboxylic acids is 2. The number of aryl methyl sites for hydroxylation is 1. The number of carbonyl (C=O) groups excluding carboxylic acids is 2. The molecule has 0 spiro atoms. The maximum absolute atomic E-state index is 11.5. The van der Waals surface area contributed by atoms with Crippen LogP contribution in [0.2, 0.25) is 0 Å². The number of aromatic nitrogens is 2. The number of thiophene rings is 2. The van der Waals surface area contributed by atoms with Gasteiger partial charge in [0.05, 0.1) is 23.8 Å². The summed E-state index contributed by atoms with van der Waals surface area (Å²) in [6.45, 7) is 0. The molecule has 13 heteroatoms. The van der Waals surface area contributed by atoms with Gasteiger partial charge in [-0.15, -0.1) is 22.7 Å². The zero-order chi connectivity index (χ0) is 23.0. The Balaban J connectivity index is 0.000000220. The highest BCUT2D eigenvalue weighted by atomic mass is 32.1. The van der Waals surface area contributed by atoms with E-state index in [1.54, 1.807) is 16.8 Å². The molecule has 3 aromatic heterocycles. The molecule has 0 saturated carbocycles. The van der Waals surface area contributed by atoms with Crippen LogP contribution in [-0.4, -0.2) is 43.9 Å². The monoisotopic (exact) mass is 466 g/mol. The average molecular weight is 466 g/mol. The number of nitrogens with two attached hydrogens (primary N) is 1. The third-order valence-corrected chi connectivity index (χ3v) is 5.35. The van der Waals surface area contributed by atoms with E-state index in [9.17, 15) is 24.0 Å². The van der Waals surface area contributed by atoms with Crippen molar-refractivity contribution in [2.45, 2.75) is 25.7 Å². The van der Waals surface area contributed by atoms with Gasteiger partial charge in [0.25, 0.3) is 11.5 Å². The van der Waals surface area contributed by atoms with Crippen molar-refractivity contribution in [2.24, 2.45) is 5.73 Å². The standard InChI is InChI=1S/C9H10N2O4S.C9H8N2O3S/c10-8(15)5-3-4-16-9(5)11-6(12)1-2-7(13)14;12-7(13)2-1-6-10-8(14)5-3-4-15-9(5)11-6/h3-4H,1-2H2,(H2,10,15)(H,11,12)(H,13,14);3-4H,1-2H2,(H,12,13)(H,10,11,14). The lowest BCUT2D eigenvalue weighted by molar-refractivity contribution is -0.138. The maximum Gasteiger partial charge on any atom is 0.303 e. The van der Waals surface area contributed by atoms with Gasteiger partial charge in [-0.3, -0.25) is 24.0 Å². The minimum Gasteiger partial charge on any atom is -0.481 e. The van der Waals surface area contributed by atoms with Crippen LogP contribution in [0.3, 0.4) is 0 Å². The summed E-state index contributed by atoms with van der Waals surface area (Å²) in [7, 11) is 0. The molecule has 0 atom stereocenters. The number of aromatic amines is 1. The minimum atomic E-state index is -1.04. The van der Waals surface area contributed by atoms with Crippen molar-refractivity contribution < 1.29 is 29.4 Å². The van der Waals surface area contributed by atoms with Crippen LogP contribution >= 0.6 is 22.7 Å². The number of nitrogens with one attached hydrogen (secondary N) is 2. The molecule has 3 aromatic rings. The quantitative estimate of drug-likeness (QED) is 0.330. The second kappa shape index (κ2) is 11.0. The van der Waals surface area contributed by atoms with Crippen LogP contribution in [0.1, 0.15) is 35.4 Å². The van der Waals surface area contributed by atoms with Gasteiger partial charge in [-0.25, -0.2) is 4.98 Å². The molecule has 3 rings (SSSR count). The topological polar surface area (TPSA) is 193 Å². The van der Waals surface area contributed by atoms with Crippen molar-refractivity contribution >= 4 is 61.6 Å². The van der Waals surface area contributed by atoms with Crippen LogP contribution in [0.25, 0.3) is 10.2 Å². The Morgan fingerprint density at radius 1 is 1.03 bits per heavy atom. The highest BCUT2D eigenvalue weighted by Gasteiger charge is 2.13. The number of anilines is 1. The first kappa shape index (κ1) is 23.7. The highest BCUT2D eigenvalue weighted by molar-refractivity contribution is 7.16. The Bertz CT molecular complexity index is 1170. The Morgan fingerprint density at radius 3 is 2.35 bits per heavy atom. The van der Waals surface area contributed by atoms with Crippen molar-refractivity contribution in [1.29, 1.82) is 0 Å². The molecule has 164 valence electrons. The number of rotatable bonds is 8. The molecule has 31 heavy (non-hydrogen) atoms. The average Bonchev–Trinajstić information content (AvgIpc) is 3.35. The van der Waals surface area contributed by atoms with Gasteiger partial charge in [0, 0.05) is 12.8 Å². The second-order valence-electron chi connectivity index (χ2n) is 6.02. The number of amides is 2. The smallest absolute Gasteiger partial charge is 0.303 e. The van der Waals surface area contributed by atoms with Gasteiger partial charge in [0.15, 0.2) is 0 Å². The fraction of sp³-hybridized carbons (Fsp3) is 0.222. The van der Waals surface area contributed by atoms with Crippen LogP contribution in [-0.2, 0) is 20.8 Å². The van der Waals surface area contributed by atoms with E-state index in [1.807, 2.05) is 0 Å². The first-order chi connectivity index (χ1) is 14.7. The third kappa shape index (κ3) is 7.31. The van der Waals surface area contributed by atoms with Gasteiger partial charge in [-0.05, 0) is 22.9 Å². The maximum atomic E-state index is 11.5. The molecule has 0 saturated heterocycles. The van der Waals surface area contributed by atoms with Gasteiger partial charge in [0.2, 0.25) is 5.91 Å². The molecule has 2 amide bonds. The lowest BCUT2D eigenvalue weighted by atomic mass is 10.3. The highest BCUT2D eigenvalue weighted by Crippen LogP contribution is 2.22. The molecular weight excluding hydrogens is 448 g/mol. The molecule has 0 aliphatic heterocycles. The summed E-state index contributed by atoms with van der Waals surface area (Å²) < 4.78 is 0. The van der Waals surface area contributed by atoms with Crippen LogP contribution < -0.4 is 16.6 Å². The normalized spacial score (nSPS) is 10.2. The number of hydrogen-bond donors (Lipinski definition) is 5. The van der Waals surface area contributed by atoms with Crippen molar-refractivity contribution in [3.05, 3.63) is 44.6 Å². The zero-order valence-corrected chi connectivity index (χ0v) is 17.5. The van der Waals surface area contributed by atoms with E-state index in [0.717, 1.165) is 11.3 Å². The van der Waals surface area contributed by atoms with Gasteiger partial charge in [-0.1, -0.05) is 0 Å². The lowest BCUT2D eigenvalue weighted by Crippen LogP contribution is -2.17. The number of carboxylic acids is 2. The number of fused-ring (bicyclic) bond motifs is 1. The van der Waals surface area contributed by atoms with Crippen LogP contribution in [0.5, 0.6) is 0 Å². The molecule has 6 N–H and O–H groups in total. The van der Waals surface area contributed by atoms with E-state index < -0.39 is 23.8 Å². The summed E-state index contributed by atoms with van der Waals surface area (Å²) in [5.41, 5.74) is 5.10. The van der Waals surface area contributed by atoms with E-state index in [0.29, 0.717) is 21.0 Å². The number of hydrogen-bond acceptors (Lipinski definition) is 8. The minimum absolute atomic E-state index is 0.0280. The summed E-state index contributed by atoms with van der Waals surface area (Å²) >= 11 is 2.53. The predicted molar refractivity (Wildman–Crippen MR) is 115 cm³/mol. The lowest BCUT2D eigenvalue weighted by Gasteiger charge is -2.02.